The summed E-state index contributed by atoms with van der Waals surface area (Å²) in [5.74, 6) is 0. The fourth-order valence-electron chi connectivity index (χ4n) is 3.51. The minimum Gasteiger partial charge on any atom is -0.0654 e. The monoisotopic (exact) mass is 303 g/mol. The van der Waals surface area contributed by atoms with Crippen molar-refractivity contribution in [3.63, 3.8) is 0 Å². The van der Waals surface area contributed by atoms with Gasteiger partial charge in [-0.1, -0.05) is 93.6 Å². The van der Waals surface area contributed by atoms with Gasteiger partial charge >= 0.3 is 0 Å². The molecule has 0 nitrogen and oxygen atoms in total. The largest absolute Gasteiger partial charge is 0.0654 e. The highest BCUT2D eigenvalue weighted by Gasteiger charge is 2.21. The highest BCUT2D eigenvalue weighted by atomic mass is 14.3. The van der Waals surface area contributed by atoms with Crippen LogP contribution in [0, 0.1) is 6.42 Å². The third-order valence-electron chi connectivity index (χ3n) is 4.78. The molecule has 0 bridgehead atoms. The summed E-state index contributed by atoms with van der Waals surface area (Å²) in [5.41, 5.74) is 7.15. The molecule has 2 aromatic rings. The maximum Gasteiger partial charge on any atom is 0.0214 e. The molecule has 0 aromatic heterocycles. The lowest BCUT2D eigenvalue weighted by Gasteiger charge is -2.09. The highest BCUT2D eigenvalue weighted by Crippen LogP contribution is 2.42. The van der Waals surface area contributed by atoms with Crippen LogP contribution < -0.4 is 0 Å². The van der Waals surface area contributed by atoms with Crippen molar-refractivity contribution < 1.29 is 0 Å². The predicted molar refractivity (Wildman–Crippen MR) is 101 cm³/mol. The van der Waals surface area contributed by atoms with Gasteiger partial charge in [-0.2, -0.15) is 0 Å². The summed E-state index contributed by atoms with van der Waals surface area (Å²) in [7, 11) is 0. The Morgan fingerprint density at radius 3 is 2.22 bits per heavy atom. The molecule has 2 aromatic carbocycles. The Labute approximate surface area is 141 Å². The molecule has 0 unspecified atom stereocenters. The van der Waals surface area contributed by atoms with Crippen LogP contribution in [-0.4, -0.2) is 0 Å². The van der Waals surface area contributed by atoms with Crippen molar-refractivity contribution in [1.29, 1.82) is 0 Å². The molecule has 1 radical (unpaired) electrons. The van der Waals surface area contributed by atoms with E-state index in [1.807, 2.05) is 0 Å². The van der Waals surface area contributed by atoms with Gasteiger partial charge in [0.15, 0.2) is 0 Å². The van der Waals surface area contributed by atoms with Crippen molar-refractivity contribution in [2.24, 2.45) is 0 Å². The van der Waals surface area contributed by atoms with E-state index in [4.69, 9.17) is 0 Å². The molecule has 1 aliphatic rings. The van der Waals surface area contributed by atoms with Gasteiger partial charge in [-0.05, 0) is 40.7 Å². The first-order valence-electron chi connectivity index (χ1n) is 9.13. The van der Waals surface area contributed by atoms with Crippen LogP contribution in [0.3, 0.4) is 0 Å². The van der Waals surface area contributed by atoms with Crippen LogP contribution in [0.25, 0.3) is 11.1 Å². The summed E-state index contributed by atoms with van der Waals surface area (Å²) in [5, 5.41) is 0. The van der Waals surface area contributed by atoms with Crippen LogP contribution in [0.4, 0.5) is 0 Å². The van der Waals surface area contributed by atoms with Crippen LogP contribution in [0.2, 0.25) is 0 Å². The predicted octanol–water partition coefficient (Wildman–Crippen LogP) is 6.91. The Morgan fingerprint density at radius 2 is 1.39 bits per heavy atom. The van der Waals surface area contributed by atoms with Crippen molar-refractivity contribution in [3.8, 4) is 0 Å². The normalized spacial score (nSPS) is 13.4. The summed E-state index contributed by atoms with van der Waals surface area (Å²) in [6.07, 6.45) is 11.7. The van der Waals surface area contributed by atoms with Gasteiger partial charge in [0, 0.05) is 6.42 Å². The quantitative estimate of drug-likeness (QED) is 0.464. The second kappa shape index (κ2) is 8.15. The lowest BCUT2D eigenvalue weighted by atomic mass is 9.95. The van der Waals surface area contributed by atoms with Gasteiger partial charge in [0.2, 0.25) is 0 Å². The van der Waals surface area contributed by atoms with E-state index in [9.17, 15) is 0 Å². The lowest BCUT2D eigenvalue weighted by molar-refractivity contribution is 0.613. The van der Waals surface area contributed by atoms with E-state index >= 15 is 0 Å². The third-order valence-corrected chi connectivity index (χ3v) is 4.78. The zero-order valence-electron chi connectivity index (χ0n) is 14.2. The average molecular weight is 303 g/mol. The van der Waals surface area contributed by atoms with Crippen LogP contribution >= 0.6 is 0 Å². The Hall–Kier alpha value is -1.82. The van der Waals surface area contributed by atoms with E-state index in [1.54, 1.807) is 5.57 Å². The van der Waals surface area contributed by atoms with Crippen LogP contribution in [0.15, 0.2) is 54.6 Å². The van der Waals surface area contributed by atoms with E-state index in [0.29, 0.717) is 0 Å². The number of benzene rings is 2. The fraction of sp³-hybridized carbons (Fsp3) is 0.348. The average Bonchev–Trinajstić information content (AvgIpc) is 2.97. The SMILES string of the molecule is CCCCCCCCC1=C(c2ccccc2)[CH]c2ccccc21. The van der Waals surface area contributed by atoms with E-state index in [0.717, 1.165) is 0 Å². The van der Waals surface area contributed by atoms with Crippen molar-refractivity contribution in [2.45, 2.75) is 51.9 Å². The smallest absolute Gasteiger partial charge is 0.0214 e. The minimum absolute atomic E-state index is 1.20. The Morgan fingerprint density at radius 1 is 0.696 bits per heavy atom. The first kappa shape index (κ1) is 16.1. The summed E-state index contributed by atoms with van der Waals surface area (Å²) >= 11 is 0. The second-order valence-electron chi connectivity index (χ2n) is 6.51. The molecule has 0 aliphatic heterocycles. The summed E-state index contributed by atoms with van der Waals surface area (Å²) in [6, 6.07) is 19.7. The fourth-order valence-corrected chi connectivity index (χ4v) is 3.51. The molecule has 0 N–H and O–H groups in total. The van der Waals surface area contributed by atoms with E-state index in [2.05, 4.69) is 67.9 Å². The van der Waals surface area contributed by atoms with Crippen molar-refractivity contribution in [2.75, 3.05) is 0 Å². The zero-order chi connectivity index (χ0) is 15.9. The van der Waals surface area contributed by atoms with E-state index in [-0.39, 0.29) is 0 Å². The Balaban J connectivity index is 1.74. The molecule has 0 spiro atoms. The molecule has 0 heterocycles. The molecule has 0 amide bonds. The first-order chi connectivity index (χ1) is 11.4. The second-order valence-corrected chi connectivity index (χ2v) is 6.51. The van der Waals surface area contributed by atoms with Crippen LogP contribution in [-0.2, 0) is 0 Å². The molecular formula is C23H27. The number of hydrogen-bond donors (Lipinski definition) is 0. The molecule has 23 heavy (non-hydrogen) atoms. The maximum absolute atomic E-state index is 2.37. The molecule has 0 atom stereocenters. The molecule has 0 fully saturated rings. The van der Waals surface area contributed by atoms with Crippen LogP contribution in [0.5, 0.6) is 0 Å². The van der Waals surface area contributed by atoms with E-state index in [1.165, 1.54) is 67.2 Å². The number of fused-ring (bicyclic) bond motifs is 1. The van der Waals surface area contributed by atoms with Gasteiger partial charge in [-0.15, -0.1) is 0 Å². The lowest BCUT2D eigenvalue weighted by Crippen LogP contribution is -1.87. The van der Waals surface area contributed by atoms with Gasteiger partial charge in [0.05, 0.1) is 0 Å². The molecule has 1 aliphatic carbocycles. The summed E-state index contributed by atoms with van der Waals surface area (Å²) in [4.78, 5) is 0. The zero-order valence-corrected chi connectivity index (χ0v) is 14.2. The number of rotatable bonds is 8. The minimum atomic E-state index is 1.20. The molecular weight excluding hydrogens is 276 g/mol. The van der Waals surface area contributed by atoms with Gasteiger partial charge in [0.1, 0.15) is 0 Å². The Kier molecular flexibility index (Phi) is 5.69. The van der Waals surface area contributed by atoms with Crippen LogP contribution in [0.1, 0.15) is 68.6 Å². The number of unbranched alkanes of at least 4 members (excludes halogenated alkanes) is 5. The van der Waals surface area contributed by atoms with Gasteiger partial charge < -0.3 is 0 Å². The van der Waals surface area contributed by atoms with Gasteiger partial charge in [-0.3, -0.25) is 0 Å². The molecule has 0 saturated heterocycles. The maximum atomic E-state index is 2.37. The van der Waals surface area contributed by atoms with Gasteiger partial charge in [-0.25, -0.2) is 0 Å². The first-order valence-corrected chi connectivity index (χ1v) is 9.13. The Bertz CT molecular complexity index is 649. The molecule has 0 saturated carbocycles. The number of allylic oxidation sites excluding steroid dienone is 2. The van der Waals surface area contributed by atoms with E-state index < -0.39 is 0 Å². The van der Waals surface area contributed by atoms with Crippen molar-refractivity contribution in [3.05, 3.63) is 77.7 Å². The highest BCUT2D eigenvalue weighted by molar-refractivity contribution is 6.02. The van der Waals surface area contributed by atoms with Crippen molar-refractivity contribution in [1.82, 2.24) is 0 Å². The topological polar surface area (TPSA) is 0 Å². The van der Waals surface area contributed by atoms with Crippen molar-refractivity contribution >= 4 is 11.1 Å². The number of hydrogen-bond acceptors (Lipinski definition) is 0. The van der Waals surface area contributed by atoms with Gasteiger partial charge in [0.25, 0.3) is 0 Å². The standard InChI is InChI=1S/C23H27/c1-2-3-4-5-6-10-17-22-21-16-12-11-15-20(21)18-23(22)19-13-8-7-9-14-19/h7-9,11-16,18H,2-6,10,17H2,1H3. The summed E-state index contributed by atoms with van der Waals surface area (Å²) < 4.78 is 0. The molecule has 119 valence electrons. The third kappa shape index (κ3) is 3.93. The summed E-state index contributed by atoms with van der Waals surface area (Å²) in [6.45, 7) is 2.28. The molecule has 0 heteroatoms. The molecule has 3 rings (SSSR count).